The zero-order chi connectivity index (χ0) is 12.0. The van der Waals surface area contributed by atoms with E-state index >= 15 is 0 Å². The third-order valence-corrected chi connectivity index (χ3v) is 3.05. The summed E-state index contributed by atoms with van der Waals surface area (Å²) in [7, 11) is 0. The number of nitrogens with one attached hydrogen (secondary N) is 1. The number of carbonyl (C=O) groups excluding carboxylic acids is 1. The van der Waals surface area contributed by atoms with Crippen molar-refractivity contribution in [1.82, 2.24) is 0 Å². The molecule has 3 heteroatoms. The maximum Gasteiger partial charge on any atom is 0.304 e. The van der Waals surface area contributed by atoms with E-state index in [0.717, 1.165) is 13.0 Å². The first-order chi connectivity index (χ1) is 7.56. The summed E-state index contributed by atoms with van der Waals surface area (Å²) in [6, 6.07) is 0. The lowest BCUT2D eigenvalue weighted by Gasteiger charge is -2.21. The highest BCUT2D eigenvalue weighted by Gasteiger charge is 2.22. The SMILES string of the molecule is CC[C@@](C)(C#CC[NH+]1CCCC1)OC(C)=O. The minimum atomic E-state index is -0.606. The predicted molar refractivity (Wildman–Crippen MR) is 63.0 cm³/mol. The number of carbonyl (C=O) groups is 1. The minimum Gasteiger partial charge on any atom is -0.446 e. The van der Waals surface area contributed by atoms with Crippen molar-refractivity contribution in [2.45, 2.75) is 45.6 Å². The standard InChI is InChI=1S/C13H21NO2/c1-4-13(3,16-12(2)15)8-7-11-14-9-5-6-10-14/h4-6,9-11H2,1-3H3/p+1/t13-/m0/s1. The maximum atomic E-state index is 10.9. The molecule has 0 saturated carbocycles. The Morgan fingerprint density at radius 3 is 2.56 bits per heavy atom. The second-order valence-electron chi connectivity index (χ2n) is 4.61. The van der Waals surface area contributed by atoms with Gasteiger partial charge in [-0.15, -0.1) is 0 Å². The van der Waals surface area contributed by atoms with Crippen molar-refractivity contribution in [2.24, 2.45) is 0 Å². The number of hydrogen-bond acceptors (Lipinski definition) is 2. The quantitative estimate of drug-likeness (QED) is 0.556. The molecule has 3 nitrogen and oxygen atoms in total. The summed E-state index contributed by atoms with van der Waals surface area (Å²) in [6.07, 6.45) is 3.35. The molecular weight excluding hydrogens is 202 g/mol. The van der Waals surface area contributed by atoms with E-state index < -0.39 is 5.60 Å². The van der Waals surface area contributed by atoms with Crippen LogP contribution in [0.3, 0.4) is 0 Å². The molecule has 1 rings (SSSR count). The number of ether oxygens (including phenoxy) is 1. The first-order valence-corrected chi connectivity index (χ1v) is 6.09. The molecule has 1 heterocycles. The Kier molecular flexibility index (Phi) is 4.82. The summed E-state index contributed by atoms with van der Waals surface area (Å²) in [5, 5.41) is 0. The number of rotatable bonds is 3. The Labute approximate surface area is 98.1 Å². The van der Waals surface area contributed by atoms with Gasteiger partial charge in [-0.2, -0.15) is 0 Å². The van der Waals surface area contributed by atoms with Crippen molar-refractivity contribution in [3.8, 4) is 11.8 Å². The molecular formula is C13H22NO2+. The second kappa shape index (κ2) is 5.91. The average Bonchev–Trinajstić information content (AvgIpc) is 2.69. The van der Waals surface area contributed by atoms with Gasteiger partial charge in [-0.1, -0.05) is 6.92 Å². The van der Waals surface area contributed by atoms with Crippen molar-refractivity contribution < 1.29 is 14.4 Å². The topological polar surface area (TPSA) is 30.7 Å². The van der Waals surface area contributed by atoms with Crippen LogP contribution in [0, 0.1) is 11.8 Å². The van der Waals surface area contributed by atoms with Crippen LogP contribution >= 0.6 is 0 Å². The van der Waals surface area contributed by atoms with Crippen molar-refractivity contribution in [1.29, 1.82) is 0 Å². The first kappa shape index (κ1) is 13.1. The highest BCUT2D eigenvalue weighted by molar-refractivity contribution is 5.67. The summed E-state index contributed by atoms with van der Waals surface area (Å²) in [4.78, 5) is 12.5. The van der Waals surface area contributed by atoms with E-state index in [2.05, 4.69) is 11.8 Å². The molecule has 0 radical (unpaired) electrons. The van der Waals surface area contributed by atoms with Crippen LogP contribution in [0.2, 0.25) is 0 Å². The first-order valence-electron chi connectivity index (χ1n) is 6.09. The van der Waals surface area contributed by atoms with Gasteiger partial charge in [-0.05, 0) is 25.2 Å². The molecule has 1 atom stereocenters. The van der Waals surface area contributed by atoms with E-state index in [1.54, 1.807) is 4.90 Å². The second-order valence-corrected chi connectivity index (χ2v) is 4.61. The van der Waals surface area contributed by atoms with Gasteiger partial charge in [-0.3, -0.25) is 4.79 Å². The Bertz CT molecular complexity index is 297. The van der Waals surface area contributed by atoms with Crippen LogP contribution in [-0.2, 0) is 9.53 Å². The minimum absolute atomic E-state index is 0.257. The number of quaternary nitrogens is 1. The Morgan fingerprint density at radius 1 is 1.44 bits per heavy atom. The molecule has 90 valence electrons. The Hall–Kier alpha value is -1.01. The molecule has 1 fully saturated rings. The van der Waals surface area contributed by atoms with Gasteiger partial charge in [0, 0.05) is 19.8 Å². The van der Waals surface area contributed by atoms with Crippen molar-refractivity contribution in [3.63, 3.8) is 0 Å². The van der Waals surface area contributed by atoms with E-state index in [-0.39, 0.29) is 5.97 Å². The highest BCUT2D eigenvalue weighted by Crippen LogP contribution is 2.13. The van der Waals surface area contributed by atoms with Gasteiger partial charge in [0.25, 0.3) is 0 Å². The van der Waals surface area contributed by atoms with Gasteiger partial charge in [0.2, 0.25) is 0 Å². The third-order valence-electron chi connectivity index (χ3n) is 3.05. The summed E-state index contributed by atoms with van der Waals surface area (Å²) >= 11 is 0. The molecule has 0 bridgehead atoms. The van der Waals surface area contributed by atoms with Gasteiger partial charge in [0.05, 0.1) is 13.1 Å². The summed E-state index contributed by atoms with van der Waals surface area (Å²) in [6.45, 7) is 8.62. The van der Waals surface area contributed by atoms with Crippen LogP contribution in [0.4, 0.5) is 0 Å². The lowest BCUT2D eigenvalue weighted by Crippen LogP contribution is -3.09. The fourth-order valence-corrected chi connectivity index (χ4v) is 1.91. The van der Waals surface area contributed by atoms with E-state index in [1.807, 2.05) is 13.8 Å². The van der Waals surface area contributed by atoms with Gasteiger partial charge in [0.15, 0.2) is 5.60 Å². The lowest BCUT2D eigenvalue weighted by atomic mass is 10.0. The molecule has 1 aliphatic rings. The zero-order valence-electron chi connectivity index (χ0n) is 10.6. The van der Waals surface area contributed by atoms with E-state index in [9.17, 15) is 4.79 Å². The van der Waals surface area contributed by atoms with Gasteiger partial charge in [0.1, 0.15) is 6.54 Å². The van der Waals surface area contributed by atoms with Crippen LogP contribution in [0.5, 0.6) is 0 Å². The summed E-state index contributed by atoms with van der Waals surface area (Å²) < 4.78 is 5.23. The largest absolute Gasteiger partial charge is 0.446 e. The van der Waals surface area contributed by atoms with E-state index in [1.165, 1.54) is 32.9 Å². The molecule has 0 amide bonds. The molecule has 1 saturated heterocycles. The van der Waals surface area contributed by atoms with Gasteiger partial charge in [-0.25, -0.2) is 0 Å². The molecule has 0 unspecified atom stereocenters. The van der Waals surface area contributed by atoms with Crippen molar-refractivity contribution in [3.05, 3.63) is 0 Å². The van der Waals surface area contributed by atoms with Gasteiger partial charge >= 0.3 is 5.97 Å². The predicted octanol–water partition coefficient (Wildman–Crippen LogP) is 0.400. The summed E-state index contributed by atoms with van der Waals surface area (Å²) in [5.74, 6) is 5.99. The van der Waals surface area contributed by atoms with Crippen LogP contribution in [0.15, 0.2) is 0 Å². The molecule has 16 heavy (non-hydrogen) atoms. The third kappa shape index (κ3) is 4.24. The van der Waals surface area contributed by atoms with Crippen LogP contribution in [-0.4, -0.2) is 31.2 Å². The molecule has 0 spiro atoms. The fraction of sp³-hybridized carbons (Fsp3) is 0.769. The van der Waals surface area contributed by atoms with E-state index in [0.29, 0.717) is 0 Å². The lowest BCUT2D eigenvalue weighted by molar-refractivity contribution is -0.879. The summed E-state index contributed by atoms with van der Waals surface area (Å²) in [5.41, 5.74) is -0.606. The Balaban J connectivity index is 2.47. The number of esters is 1. The highest BCUT2D eigenvalue weighted by atomic mass is 16.6. The van der Waals surface area contributed by atoms with Crippen molar-refractivity contribution in [2.75, 3.05) is 19.6 Å². The van der Waals surface area contributed by atoms with Crippen LogP contribution in [0.25, 0.3) is 0 Å². The van der Waals surface area contributed by atoms with Crippen LogP contribution < -0.4 is 4.90 Å². The number of hydrogen-bond donors (Lipinski definition) is 1. The van der Waals surface area contributed by atoms with Crippen LogP contribution in [0.1, 0.15) is 40.0 Å². The molecule has 0 aromatic rings. The monoisotopic (exact) mass is 224 g/mol. The van der Waals surface area contributed by atoms with Gasteiger partial charge < -0.3 is 9.64 Å². The molecule has 0 aromatic heterocycles. The normalized spacial score (nSPS) is 19.7. The van der Waals surface area contributed by atoms with E-state index in [4.69, 9.17) is 4.74 Å². The average molecular weight is 224 g/mol. The smallest absolute Gasteiger partial charge is 0.304 e. The van der Waals surface area contributed by atoms with Crippen molar-refractivity contribution >= 4 is 5.97 Å². The molecule has 0 aromatic carbocycles. The Morgan fingerprint density at radius 2 is 2.06 bits per heavy atom. The molecule has 1 N–H and O–H groups in total. The zero-order valence-corrected chi connectivity index (χ0v) is 10.6. The molecule has 1 aliphatic heterocycles. The number of likely N-dealkylation sites (tertiary alicyclic amines) is 1. The fourth-order valence-electron chi connectivity index (χ4n) is 1.91. The molecule has 0 aliphatic carbocycles. The maximum absolute atomic E-state index is 10.9.